The number of Topliss-reactive ketones (excluding diaryl/α,β-unsaturated/α-hetero) is 1. The molecule has 2 atom stereocenters. The molecule has 0 N–H and O–H groups in total. The number of hydrogen-bond donors (Lipinski definition) is 0. The SMILES string of the molecule is CC(=O)C1CCC1C#N. The third kappa shape index (κ3) is 0.951. The summed E-state index contributed by atoms with van der Waals surface area (Å²) in [6.07, 6.45) is 1.84. The first-order valence-corrected chi connectivity index (χ1v) is 3.15. The number of carbonyl (C=O) groups is 1. The Kier molecular flexibility index (Phi) is 1.52. The average Bonchev–Trinajstić information content (AvgIpc) is 1.61. The van der Waals surface area contributed by atoms with Gasteiger partial charge in [-0.3, -0.25) is 4.79 Å². The lowest BCUT2D eigenvalue weighted by Crippen LogP contribution is -2.30. The number of carbonyl (C=O) groups excluding carboxylic acids is 1. The molecule has 0 amide bonds. The smallest absolute Gasteiger partial charge is 0.134 e. The zero-order valence-electron chi connectivity index (χ0n) is 5.42. The second-order valence-corrected chi connectivity index (χ2v) is 2.53. The molecule has 2 unspecified atom stereocenters. The van der Waals surface area contributed by atoms with Crippen LogP contribution in [0.5, 0.6) is 0 Å². The maximum absolute atomic E-state index is 10.6. The molecule has 0 bridgehead atoms. The van der Waals surface area contributed by atoms with Gasteiger partial charge >= 0.3 is 0 Å². The fourth-order valence-electron chi connectivity index (χ4n) is 1.14. The molecule has 0 aliphatic heterocycles. The van der Waals surface area contributed by atoms with Crippen molar-refractivity contribution in [1.29, 1.82) is 5.26 Å². The highest BCUT2D eigenvalue weighted by molar-refractivity contribution is 5.79. The van der Waals surface area contributed by atoms with Gasteiger partial charge in [0, 0.05) is 5.92 Å². The number of ketones is 1. The zero-order chi connectivity index (χ0) is 6.85. The Morgan fingerprint density at radius 1 is 1.67 bits per heavy atom. The first-order valence-electron chi connectivity index (χ1n) is 3.15. The third-order valence-electron chi connectivity index (χ3n) is 1.96. The first-order chi connectivity index (χ1) is 4.25. The number of nitriles is 1. The largest absolute Gasteiger partial charge is 0.300 e. The van der Waals surface area contributed by atoms with E-state index in [1.807, 2.05) is 0 Å². The minimum Gasteiger partial charge on any atom is -0.300 e. The number of nitrogens with zero attached hydrogens (tertiary/aromatic N) is 1. The summed E-state index contributed by atoms with van der Waals surface area (Å²) in [5, 5.41) is 8.40. The molecule has 0 aromatic rings. The van der Waals surface area contributed by atoms with Crippen molar-refractivity contribution >= 4 is 5.78 Å². The van der Waals surface area contributed by atoms with Crippen LogP contribution >= 0.6 is 0 Å². The summed E-state index contributed by atoms with van der Waals surface area (Å²) >= 11 is 0. The van der Waals surface area contributed by atoms with Crippen molar-refractivity contribution in [2.24, 2.45) is 11.8 Å². The molecule has 2 heteroatoms. The molecular formula is C7H9NO. The molecule has 0 spiro atoms. The molecule has 1 aliphatic carbocycles. The quantitative estimate of drug-likeness (QED) is 0.524. The van der Waals surface area contributed by atoms with Gasteiger partial charge in [-0.15, -0.1) is 0 Å². The van der Waals surface area contributed by atoms with Gasteiger partial charge in [0.1, 0.15) is 5.78 Å². The molecule has 1 fully saturated rings. The molecule has 0 heterocycles. The summed E-state index contributed by atoms with van der Waals surface area (Å²) in [5.41, 5.74) is 0. The van der Waals surface area contributed by atoms with Crippen LogP contribution in [0.1, 0.15) is 19.8 Å². The van der Waals surface area contributed by atoms with Crippen molar-refractivity contribution < 1.29 is 4.79 Å². The standard InChI is InChI=1S/C7H9NO/c1-5(9)7-3-2-6(7)4-8/h6-7H,2-3H2,1H3. The van der Waals surface area contributed by atoms with Crippen molar-refractivity contribution in [2.75, 3.05) is 0 Å². The lowest BCUT2D eigenvalue weighted by atomic mass is 9.73. The van der Waals surface area contributed by atoms with E-state index in [4.69, 9.17) is 5.26 Å². The third-order valence-corrected chi connectivity index (χ3v) is 1.96. The normalized spacial score (nSPS) is 32.4. The molecule has 2 nitrogen and oxygen atoms in total. The Morgan fingerprint density at radius 2 is 2.33 bits per heavy atom. The molecule has 1 aliphatic rings. The van der Waals surface area contributed by atoms with Gasteiger partial charge in [0.15, 0.2) is 0 Å². The first kappa shape index (κ1) is 6.28. The van der Waals surface area contributed by atoms with Gasteiger partial charge in [-0.25, -0.2) is 0 Å². The Labute approximate surface area is 54.5 Å². The van der Waals surface area contributed by atoms with Crippen LogP contribution in [0.15, 0.2) is 0 Å². The fourth-order valence-corrected chi connectivity index (χ4v) is 1.14. The van der Waals surface area contributed by atoms with Crippen LogP contribution in [0.4, 0.5) is 0 Å². The van der Waals surface area contributed by atoms with E-state index < -0.39 is 0 Å². The molecule has 1 saturated carbocycles. The second kappa shape index (κ2) is 2.18. The molecule has 1 rings (SSSR count). The summed E-state index contributed by atoms with van der Waals surface area (Å²) < 4.78 is 0. The van der Waals surface area contributed by atoms with Crippen LogP contribution in [0, 0.1) is 23.2 Å². The van der Waals surface area contributed by atoms with E-state index in [9.17, 15) is 4.79 Å². The van der Waals surface area contributed by atoms with E-state index in [1.54, 1.807) is 6.92 Å². The Morgan fingerprint density at radius 3 is 2.44 bits per heavy atom. The van der Waals surface area contributed by atoms with Gasteiger partial charge in [-0.1, -0.05) is 0 Å². The zero-order valence-corrected chi connectivity index (χ0v) is 5.42. The van der Waals surface area contributed by atoms with Crippen molar-refractivity contribution in [1.82, 2.24) is 0 Å². The highest BCUT2D eigenvalue weighted by Gasteiger charge is 2.33. The maximum atomic E-state index is 10.6. The van der Waals surface area contributed by atoms with Crippen LogP contribution in [0.25, 0.3) is 0 Å². The van der Waals surface area contributed by atoms with Crippen LogP contribution in [0.3, 0.4) is 0 Å². The minimum atomic E-state index is 0.0301. The van der Waals surface area contributed by atoms with Gasteiger partial charge < -0.3 is 0 Å². The van der Waals surface area contributed by atoms with Gasteiger partial charge in [-0.2, -0.15) is 5.26 Å². The van der Waals surface area contributed by atoms with E-state index in [0.29, 0.717) is 0 Å². The van der Waals surface area contributed by atoms with Gasteiger partial charge in [0.05, 0.1) is 12.0 Å². The van der Waals surface area contributed by atoms with Gasteiger partial charge in [-0.05, 0) is 19.8 Å². The van der Waals surface area contributed by atoms with E-state index >= 15 is 0 Å². The average molecular weight is 123 g/mol. The van der Waals surface area contributed by atoms with Crippen molar-refractivity contribution in [3.63, 3.8) is 0 Å². The molecule has 0 aromatic heterocycles. The minimum absolute atomic E-state index is 0.0301. The molecule has 9 heavy (non-hydrogen) atoms. The maximum Gasteiger partial charge on any atom is 0.134 e. The summed E-state index contributed by atoms with van der Waals surface area (Å²) in [4.78, 5) is 10.6. The van der Waals surface area contributed by atoms with E-state index in [-0.39, 0.29) is 17.6 Å². The summed E-state index contributed by atoms with van der Waals surface area (Å²) in [6, 6.07) is 2.11. The van der Waals surface area contributed by atoms with Crippen molar-refractivity contribution in [3.05, 3.63) is 0 Å². The van der Waals surface area contributed by atoms with Crippen LogP contribution in [-0.2, 0) is 4.79 Å². The molecular weight excluding hydrogens is 114 g/mol. The lowest BCUT2D eigenvalue weighted by Gasteiger charge is -2.28. The molecule has 0 radical (unpaired) electrons. The Bertz CT molecular complexity index is 168. The summed E-state index contributed by atoms with van der Waals surface area (Å²) in [7, 11) is 0. The number of rotatable bonds is 1. The summed E-state index contributed by atoms with van der Waals surface area (Å²) in [5.74, 6) is 0.269. The molecule has 48 valence electrons. The lowest BCUT2D eigenvalue weighted by molar-refractivity contribution is -0.124. The molecule has 0 aromatic carbocycles. The number of hydrogen-bond acceptors (Lipinski definition) is 2. The van der Waals surface area contributed by atoms with Crippen LogP contribution < -0.4 is 0 Å². The van der Waals surface area contributed by atoms with Gasteiger partial charge in [0.25, 0.3) is 0 Å². The van der Waals surface area contributed by atoms with Crippen LogP contribution in [0.2, 0.25) is 0 Å². The summed E-state index contributed by atoms with van der Waals surface area (Å²) in [6.45, 7) is 1.56. The van der Waals surface area contributed by atoms with Gasteiger partial charge in [0.2, 0.25) is 0 Å². The Hall–Kier alpha value is -0.840. The van der Waals surface area contributed by atoms with Crippen molar-refractivity contribution in [2.45, 2.75) is 19.8 Å². The topological polar surface area (TPSA) is 40.9 Å². The monoisotopic (exact) mass is 123 g/mol. The predicted octanol–water partition coefficient (Wildman–Crippen LogP) is 1.13. The second-order valence-electron chi connectivity index (χ2n) is 2.53. The highest BCUT2D eigenvalue weighted by atomic mass is 16.1. The van der Waals surface area contributed by atoms with E-state index in [0.717, 1.165) is 12.8 Å². The van der Waals surface area contributed by atoms with E-state index in [2.05, 4.69) is 6.07 Å². The van der Waals surface area contributed by atoms with E-state index in [1.165, 1.54) is 0 Å². The predicted molar refractivity (Wildman–Crippen MR) is 32.5 cm³/mol. The Balaban J connectivity index is 2.47. The van der Waals surface area contributed by atoms with Crippen LogP contribution in [-0.4, -0.2) is 5.78 Å². The molecule has 0 saturated heterocycles. The fraction of sp³-hybridized carbons (Fsp3) is 0.714. The highest BCUT2D eigenvalue weighted by Crippen LogP contribution is 2.33. The van der Waals surface area contributed by atoms with Crippen molar-refractivity contribution in [3.8, 4) is 6.07 Å².